The maximum atomic E-state index is 13.2. The molecule has 1 saturated heterocycles. The summed E-state index contributed by atoms with van der Waals surface area (Å²) < 4.78 is 12.5. The number of ether oxygens (including phenoxy) is 2. The van der Waals surface area contributed by atoms with Crippen molar-refractivity contribution in [2.75, 3.05) is 33.9 Å². The van der Waals surface area contributed by atoms with Crippen LogP contribution >= 0.6 is 0 Å². The standard InChI is InChI=1S/C30H36N4O3/c1-4-27-29(34-20-26(37-3)13-14-28(34)32-27)30(35)31-19-21-5-9-24(10-6-21)33-17-15-23(16-18-33)22-7-11-25(36-2)12-8-22/h5-9,11-14,20,23-24H,4,10,15-19H2,1-3H3,(H,31,35). The van der Waals surface area contributed by atoms with Gasteiger partial charge < -0.3 is 14.8 Å². The number of aromatic nitrogens is 2. The second kappa shape index (κ2) is 11.2. The summed E-state index contributed by atoms with van der Waals surface area (Å²) in [6.45, 7) is 4.72. The molecule has 1 aromatic carbocycles. The van der Waals surface area contributed by atoms with E-state index in [0.717, 1.165) is 42.2 Å². The van der Waals surface area contributed by atoms with Crippen LogP contribution in [0.4, 0.5) is 0 Å². The lowest BCUT2D eigenvalue weighted by atomic mass is 9.88. The van der Waals surface area contributed by atoms with Crippen molar-refractivity contribution in [2.24, 2.45) is 0 Å². The molecule has 1 amide bonds. The number of methoxy groups -OCH3 is 2. The number of aryl methyl sites for hydroxylation is 1. The minimum absolute atomic E-state index is 0.116. The van der Waals surface area contributed by atoms with Crippen molar-refractivity contribution < 1.29 is 14.3 Å². The number of hydrogen-bond donors (Lipinski definition) is 1. The van der Waals surface area contributed by atoms with E-state index < -0.39 is 0 Å². The van der Waals surface area contributed by atoms with Crippen LogP contribution in [0.25, 0.3) is 5.65 Å². The molecular weight excluding hydrogens is 464 g/mol. The third kappa shape index (κ3) is 5.42. The van der Waals surface area contributed by atoms with Gasteiger partial charge in [0.1, 0.15) is 22.8 Å². The Morgan fingerprint density at radius 2 is 1.78 bits per heavy atom. The molecule has 1 fully saturated rings. The lowest BCUT2D eigenvalue weighted by Gasteiger charge is -2.37. The number of nitrogens with one attached hydrogen (secondary N) is 1. The van der Waals surface area contributed by atoms with Crippen LogP contribution in [0.1, 0.15) is 53.8 Å². The Kier molecular flexibility index (Phi) is 7.60. The zero-order valence-electron chi connectivity index (χ0n) is 21.9. The quantitative estimate of drug-likeness (QED) is 0.482. The normalized spacial score (nSPS) is 18.6. The van der Waals surface area contributed by atoms with Gasteiger partial charge in [-0.2, -0.15) is 0 Å². The van der Waals surface area contributed by atoms with Crippen molar-refractivity contribution in [1.82, 2.24) is 19.6 Å². The molecule has 7 heteroatoms. The van der Waals surface area contributed by atoms with Crippen molar-refractivity contribution in [3.05, 3.63) is 83.3 Å². The van der Waals surface area contributed by atoms with Crippen LogP contribution in [0, 0.1) is 0 Å². The van der Waals surface area contributed by atoms with Crippen LogP contribution < -0.4 is 14.8 Å². The van der Waals surface area contributed by atoms with E-state index in [-0.39, 0.29) is 5.91 Å². The first-order valence-corrected chi connectivity index (χ1v) is 13.2. The first-order chi connectivity index (χ1) is 18.1. The monoisotopic (exact) mass is 500 g/mol. The zero-order chi connectivity index (χ0) is 25.8. The number of rotatable bonds is 8. The summed E-state index contributed by atoms with van der Waals surface area (Å²) in [7, 11) is 3.33. The van der Waals surface area contributed by atoms with Crippen molar-refractivity contribution in [3.63, 3.8) is 0 Å². The van der Waals surface area contributed by atoms with Crippen LogP contribution in [0.15, 0.2) is 66.4 Å². The predicted molar refractivity (Wildman–Crippen MR) is 146 cm³/mol. The van der Waals surface area contributed by atoms with E-state index in [9.17, 15) is 4.79 Å². The third-order valence-electron chi connectivity index (χ3n) is 7.64. The molecule has 2 aromatic heterocycles. The van der Waals surface area contributed by atoms with Gasteiger partial charge in [0.05, 0.1) is 26.1 Å². The number of amides is 1. The topological polar surface area (TPSA) is 68.1 Å². The van der Waals surface area contributed by atoms with Gasteiger partial charge in [0.2, 0.25) is 0 Å². The third-order valence-corrected chi connectivity index (χ3v) is 7.64. The largest absolute Gasteiger partial charge is 0.497 e. The molecule has 0 saturated carbocycles. The summed E-state index contributed by atoms with van der Waals surface area (Å²) in [5.74, 6) is 2.11. The summed E-state index contributed by atoms with van der Waals surface area (Å²) in [6.07, 6.45) is 12.6. The molecule has 1 aliphatic carbocycles. The molecule has 37 heavy (non-hydrogen) atoms. The maximum Gasteiger partial charge on any atom is 0.270 e. The maximum absolute atomic E-state index is 13.2. The van der Waals surface area contributed by atoms with E-state index in [4.69, 9.17) is 9.47 Å². The number of fused-ring (bicyclic) bond motifs is 1. The highest BCUT2D eigenvalue weighted by Crippen LogP contribution is 2.31. The van der Waals surface area contributed by atoms with Gasteiger partial charge in [-0.25, -0.2) is 4.98 Å². The van der Waals surface area contributed by atoms with E-state index in [1.165, 1.54) is 18.4 Å². The van der Waals surface area contributed by atoms with Crippen molar-refractivity contribution >= 4 is 11.6 Å². The highest BCUT2D eigenvalue weighted by Gasteiger charge is 2.25. The van der Waals surface area contributed by atoms with Gasteiger partial charge in [0.25, 0.3) is 5.91 Å². The Balaban J connectivity index is 1.15. The van der Waals surface area contributed by atoms with Gasteiger partial charge in [0, 0.05) is 12.6 Å². The summed E-state index contributed by atoms with van der Waals surface area (Å²) in [5.41, 5.74) is 4.67. The van der Waals surface area contributed by atoms with E-state index in [1.807, 2.05) is 29.7 Å². The fraction of sp³-hybridized carbons (Fsp3) is 0.400. The highest BCUT2D eigenvalue weighted by molar-refractivity contribution is 5.95. The molecule has 2 aliphatic rings. The van der Waals surface area contributed by atoms with Crippen LogP contribution in [-0.2, 0) is 6.42 Å². The Morgan fingerprint density at radius 3 is 2.43 bits per heavy atom. The Bertz CT molecular complexity index is 1300. The fourth-order valence-electron chi connectivity index (χ4n) is 5.44. The molecule has 7 nitrogen and oxygen atoms in total. The minimum atomic E-state index is -0.116. The molecule has 0 spiro atoms. The minimum Gasteiger partial charge on any atom is -0.497 e. The first kappa shape index (κ1) is 25.1. The number of likely N-dealkylation sites (tertiary alicyclic amines) is 1. The number of hydrogen-bond acceptors (Lipinski definition) is 5. The molecule has 1 N–H and O–H groups in total. The number of carbonyl (C=O) groups is 1. The molecular formula is C30H36N4O3. The van der Waals surface area contributed by atoms with Crippen molar-refractivity contribution in [3.8, 4) is 11.5 Å². The lowest BCUT2D eigenvalue weighted by molar-refractivity contribution is 0.0950. The first-order valence-electron chi connectivity index (χ1n) is 13.2. The Morgan fingerprint density at radius 1 is 1.05 bits per heavy atom. The number of piperidine rings is 1. The summed E-state index contributed by atoms with van der Waals surface area (Å²) in [5, 5.41) is 3.10. The van der Waals surface area contributed by atoms with Crippen LogP contribution in [0.3, 0.4) is 0 Å². The summed E-state index contributed by atoms with van der Waals surface area (Å²) >= 11 is 0. The summed E-state index contributed by atoms with van der Waals surface area (Å²) in [4.78, 5) is 20.4. The number of carbonyl (C=O) groups excluding carboxylic acids is 1. The average Bonchev–Trinajstić information content (AvgIpc) is 3.34. The van der Waals surface area contributed by atoms with Gasteiger partial charge in [-0.05, 0) is 80.1 Å². The number of imidazole rings is 1. The van der Waals surface area contributed by atoms with Crippen LogP contribution in [0.2, 0.25) is 0 Å². The smallest absolute Gasteiger partial charge is 0.270 e. The Hall–Kier alpha value is -3.58. The molecule has 5 rings (SSSR count). The second-order valence-corrected chi connectivity index (χ2v) is 9.77. The number of benzene rings is 1. The van der Waals surface area contributed by atoms with E-state index >= 15 is 0 Å². The average molecular weight is 501 g/mol. The van der Waals surface area contributed by atoms with Crippen LogP contribution in [0.5, 0.6) is 11.5 Å². The van der Waals surface area contributed by atoms with Gasteiger partial charge in [-0.1, -0.05) is 37.3 Å². The van der Waals surface area contributed by atoms with E-state index in [2.05, 4.69) is 57.7 Å². The van der Waals surface area contributed by atoms with E-state index in [0.29, 0.717) is 36.4 Å². The predicted octanol–water partition coefficient (Wildman–Crippen LogP) is 4.78. The SMILES string of the molecule is CCc1nc2ccc(OC)cn2c1C(=O)NCC1=CCC(N2CCC(c3ccc(OC)cc3)CC2)C=C1. The van der Waals surface area contributed by atoms with Crippen molar-refractivity contribution in [1.29, 1.82) is 0 Å². The second-order valence-electron chi connectivity index (χ2n) is 9.77. The van der Waals surface area contributed by atoms with E-state index in [1.54, 1.807) is 14.2 Å². The molecule has 0 bridgehead atoms. The highest BCUT2D eigenvalue weighted by atomic mass is 16.5. The molecule has 0 radical (unpaired) electrons. The zero-order valence-corrected chi connectivity index (χ0v) is 21.9. The number of nitrogens with zero attached hydrogens (tertiary/aromatic N) is 3. The fourth-order valence-corrected chi connectivity index (χ4v) is 5.44. The molecule has 1 unspecified atom stereocenters. The molecule has 194 valence electrons. The van der Waals surface area contributed by atoms with Crippen LogP contribution in [-0.4, -0.2) is 60.1 Å². The molecule has 3 heterocycles. The molecule has 3 aromatic rings. The van der Waals surface area contributed by atoms with Gasteiger partial charge in [-0.3, -0.25) is 14.1 Å². The van der Waals surface area contributed by atoms with Crippen molar-refractivity contribution in [2.45, 2.75) is 44.6 Å². The number of pyridine rings is 1. The molecule has 1 aliphatic heterocycles. The lowest BCUT2D eigenvalue weighted by Crippen LogP contribution is -2.40. The van der Waals surface area contributed by atoms with Gasteiger partial charge >= 0.3 is 0 Å². The Labute approximate surface area is 218 Å². The van der Waals surface area contributed by atoms with Gasteiger partial charge in [-0.15, -0.1) is 0 Å². The van der Waals surface area contributed by atoms with Gasteiger partial charge in [0.15, 0.2) is 0 Å². The summed E-state index contributed by atoms with van der Waals surface area (Å²) in [6, 6.07) is 12.7. The molecule has 1 atom stereocenters.